The lowest BCUT2D eigenvalue weighted by atomic mass is 9.96. The molecular formula is C15H29ClN2O2. The van der Waals surface area contributed by atoms with Gasteiger partial charge in [-0.25, -0.2) is 0 Å². The van der Waals surface area contributed by atoms with Crippen LogP contribution in [0.3, 0.4) is 0 Å². The second-order valence-electron chi connectivity index (χ2n) is 6.32. The molecule has 118 valence electrons. The number of rotatable bonds is 4. The van der Waals surface area contributed by atoms with Crippen LogP contribution in [0.5, 0.6) is 0 Å². The van der Waals surface area contributed by atoms with Gasteiger partial charge in [-0.2, -0.15) is 0 Å². The van der Waals surface area contributed by atoms with Gasteiger partial charge in [-0.1, -0.05) is 0 Å². The molecule has 1 atom stereocenters. The van der Waals surface area contributed by atoms with Crippen LogP contribution < -0.4 is 5.32 Å². The fourth-order valence-electron chi connectivity index (χ4n) is 3.55. The summed E-state index contributed by atoms with van der Waals surface area (Å²) in [5.41, 5.74) is 0. The maximum Gasteiger partial charge on any atom is 0.0834 e. The lowest BCUT2D eigenvalue weighted by Crippen LogP contribution is -2.42. The zero-order valence-electron chi connectivity index (χ0n) is 12.4. The van der Waals surface area contributed by atoms with Crippen molar-refractivity contribution in [2.75, 3.05) is 45.9 Å². The first-order valence-corrected chi connectivity index (χ1v) is 8.06. The number of hydrogen-bond acceptors (Lipinski definition) is 4. The van der Waals surface area contributed by atoms with Crippen LogP contribution in [-0.2, 0) is 9.47 Å². The van der Waals surface area contributed by atoms with Gasteiger partial charge >= 0.3 is 0 Å². The van der Waals surface area contributed by atoms with E-state index in [1.54, 1.807) is 0 Å². The largest absolute Gasteiger partial charge is 0.379 e. The van der Waals surface area contributed by atoms with Crippen molar-refractivity contribution >= 4 is 12.4 Å². The SMILES string of the molecule is C1CC(CN2CCC(OC3CCOC3)CC2)CCN1.Cl. The predicted octanol–water partition coefficient (Wildman–Crippen LogP) is 1.68. The van der Waals surface area contributed by atoms with Gasteiger partial charge in [-0.05, 0) is 51.1 Å². The highest BCUT2D eigenvalue weighted by molar-refractivity contribution is 5.85. The van der Waals surface area contributed by atoms with Crippen molar-refractivity contribution in [1.82, 2.24) is 10.2 Å². The highest BCUT2D eigenvalue weighted by atomic mass is 35.5. The van der Waals surface area contributed by atoms with Crippen molar-refractivity contribution in [3.8, 4) is 0 Å². The molecule has 0 spiro atoms. The molecule has 0 bridgehead atoms. The lowest BCUT2D eigenvalue weighted by Gasteiger charge is -2.36. The number of hydrogen-bond donors (Lipinski definition) is 1. The summed E-state index contributed by atoms with van der Waals surface area (Å²) >= 11 is 0. The normalized spacial score (nSPS) is 30.3. The molecule has 3 aliphatic rings. The Bertz CT molecular complexity index is 261. The third kappa shape index (κ3) is 4.85. The van der Waals surface area contributed by atoms with E-state index in [1.165, 1.54) is 58.4 Å². The summed E-state index contributed by atoms with van der Waals surface area (Å²) in [5, 5.41) is 3.45. The van der Waals surface area contributed by atoms with E-state index in [9.17, 15) is 0 Å². The van der Waals surface area contributed by atoms with E-state index in [0.29, 0.717) is 12.2 Å². The minimum Gasteiger partial charge on any atom is -0.379 e. The molecule has 3 fully saturated rings. The molecule has 0 aliphatic carbocycles. The molecule has 1 unspecified atom stereocenters. The maximum atomic E-state index is 6.13. The number of nitrogens with one attached hydrogen (secondary N) is 1. The summed E-state index contributed by atoms with van der Waals surface area (Å²) in [6, 6.07) is 0. The maximum absolute atomic E-state index is 6.13. The fourth-order valence-corrected chi connectivity index (χ4v) is 3.55. The highest BCUT2D eigenvalue weighted by Crippen LogP contribution is 2.21. The van der Waals surface area contributed by atoms with Crippen LogP contribution in [0.15, 0.2) is 0 Å². The molecule has 1 N–H and O–H groups in total. The minimum absolute atomic E-state index is 0. The first-order chi connectivity index (χ1) is 9.40. The Hall–Kier alpha value is 0.130. The Kier molecular flexibility index (Phi) is 7.05. The topological polar surface area (TPSA) is 33.7 Å². The van der Waals surface area contributed by atoms with E-state index in [0.717, 1.165) is 25.6 Å². The summed E-state index contributed by atoms with van der Waals surface area (Å²) in [6.07, 6.45) is 7.08. The van der Waals surface area contributed by atoms with Gasteiger partial charge in [0.15, 0.2) is 0 Å². The van der Waals surface area contributed by atoms with Gasteiger partial charge in [0.05, 0.1) is 18.8 Å². The molecule has 3 saturated heterocycles. The summed E-state index contributed by atoms with van der Waals surface area (Å²) in [5.74, 6) is 0.918. The zero-order valence-corrected chi connectivity index (χ0v) is 13.2. The van der Waals surface area contributed by atoms with Gasteiger partial charge in [0.1, 0.15) is 0 Å². The first-order valence-electron chi connectivity index (χ1n) is 8.06. The third-order valence-corrected chi connectivity index (χ3v) is 4.78. The monoisotopic (exact) mass is 304 g/mol. The first kappa shape index (κ1) is 16.5. The molecular weight excluding hydrogens is 276 g/mol. The van der Waals surface area contributed by atoms with Crippen molar-refractivity contribution < 1.29 is 9.47 Å². The van der Waals surface area contributed by atoms with E-state index in [1.807, 2.05) is 0 Å². The second kappa shape index (κ2) is 8.54. The van der Waals surface area contributed by atoms with Crippen LogP contribution >= 0.6 is 12.4 Å². The van der Waals surface area contributed by atoms with Crippen molar-refractivity contribution in [2.24, 2.45) is 5.92 Å². The van der Waals surface area contributed by atoms with Crippen LogP contribution in [0.1, 0.15) is 32.1 Å². The summed E-state index contributed by atoms with van der Waals surface area (Å²) in [4.78, 5) is 2.65. The van der Waals surface area contributed by atoms with E-state index < -0.39 is 0 Å². The molecule has 3 heterocycles. The summed E-state index contributed by atoms with van der Waals surface area (Å²) < 4.78 is 11.5. The molecule has 20 heavy (non-hydrogen) atoms. The molecule has 0 saturated carbocycles. The van der Waals surface area contributed by atoms with Crippen molar-refractivity contribution in [2.45, 2.75) is 44.3 Å². The lowest BCUT2D eigenvalue weighted by molar-refractivity contribution is -0.0456. The molecule has 3 aliphatic heterocycles. The molecule has 0 aromatic carbocycles. The number of ether oxygens (including phenoxy) is 2. The van der Waals surface area contributed by atoms with Crippen molar-refractivity contribution in [1.29, 1.82) is 0 Å². The molecule has 0 aromatic heterocycles. The number of likely N-dealkylation sites (tertiary alicyclic amines) is 1. The van der Waals surface area contributed by atoms with Gasteiger partial charge in [-0.15, -0.1) is 12.4 Å². The standard InChI is InChI=1S/C15H28N2O2.ClH/c1-6-16-7-2-13(1)11-17-8-3-14(4-9-17)19-15-5-10-18-12-15;/h13-16H,1-12H2;1H. The smallest absolute Gasteiger partial charge is 0.0834 e. The fraction of sp³-hybridized carbons (Fsp3) is 1.00. The Morgan fingerprint density at radius 2 is 1.75 bits per heavy atom. The zero-order chi connectivity index (χ0) is 12.9. The van der Waals surface area contributed by atoms with Gasteiger partial charge in [0.2, 0.25) is 0 Å². The predicted molar refractivity (Wildman–Crippen MR) is 82.6 cm³/mol. The van der Waals surface area contributed by atoms with Crippen LogP contribution in [0, 0.1) is 5.92 Å². The van der Waals surface area contributed by atoms with Crippen LogP contribution in [0.2, 0.25) is 0 Å². The van der Waals surface area contributed by atoms with E-state index in [4.69, 9.17) is 9.47 Å². The quantitative estimate of drug-likeness (QED) is 0.857. The highest BCUT2D eigenvalue weighted by Gasteiger charge is 2.26. The van der Waals surface area contributed by atoms with Gasteiger partial charge in [0.25, 0.3) is 0 Å². The van der Waals surface area contributed by atoms with Crippen LogP contribution in [0.4, 0.5) is 0 Å². The molecule has 3 rings (SSSR count). The molecule has 0 aromatic rings. The molecule has 0 radical (unpaired) electrons. The Morgan fingerprint density at radius 3 is 2.40 bits per heavy atom. The van der Waals surface area contributed by atoms with Crippen LogP contribution in [-0.4, -0.2) is 63.0 Å². The number of piperidine rings is 2. The van der Waals surface area contributed by atoms with Crippen molar-refractivity contribution in [3.63, 3.8) is 0 Å². The number of halogens is 1. The summed E-state index contributed by atoms with van der Waals surface area (Å²) in [7, 11) is 0. The van der Waals surface area contributed by atoms with Crippen LogP contribution in [0.25, 0.3) is 0 Å². The molecule has 4 nitrogen and oxygen atoms in total. The van der Waals surface area contributed by atoms with Gasteiger partial charge < -0.3 is 19.7 Å². The van der Waals surface area contributed by atoms with E-state index >= 15 is 0 Å². The average molecular weight is 305 g/mol. The molecule has 0 amide bonds. The number of nitrogens with zero attached hydrogens (tertiary/aromatic N) is 1. The summed E-state index contributed by atoms with van der Waals surface area (Å²) in [6.45, 7) is 7.89. The van der Waals surface area contributed by atoms with E-state index in [2.05, 4.69) is 10.2 Å². The Morgan fingerprint density at radius 1 is 1.00 bits per heavy atom. The Labute approximate surface area is 129 Å². The second-order valence-corrected chi connectivity index (χ2v) is 6.32. The van der Waals surface area contributed by atoms with Gasteiger partial charge in [0, 0.05) is 26.2 Å². The molecule has 5 heteroatoms. The minimum atomic E-state index is 0. The van der Waals surface area contributed by atoms with Crippen molar-refractivity contribution in [3.05, 3.63) is 0 Å². The Balaban J connectivity index is 0.00000147. The average Bonchev–Trinajstić information content (AvgIpc) is 2.95. The van der Waals surface area contributed by atoms with Gasteiger partial charge in [-0.3, -0.25) is 0 Å². The third-order valence-electron chi connectivity index (χ3n) is 4.78. The van der Waals surface area contributed by atoms with E-state index in [-0.39, 0.29) is 12.4 Å².